The molecule has 0 bridgehead atoms. The minimum absolute atomic E-state index is 0.0517. The molecule has 88 valence electrons. The van der Waals surface area contributed by atoms with Gasteiger partial charge in [-0.2, -0.15) is 0 Å². The lowest BCUT2D eigenvalue weighted by molar-refractivity contribution is 0.0696. The molecule has 0 aliphatic carbocycles. The molecule has 0 spiro atoms. The van der Waals surface area contributed by atoms with E-state index in [1.54, 1.807) is 0 Å². The van der Waals surface area contributed by atoms with Gasteiger partial charge in [0.05, 0.1) is 16.3 Å². The largest absolute Gasteiger partial charge is 0.478 e. The summed E-state index contributed by atoms with van der Waals surface area (Å²) < 4.78 is 0. The van der Waals surface area contributed by atoms with Crippen LogP contribution in [-0.2, 0) is 0 Å². The summed E-state index contributed by atoms with van der Waals surface area (Å²) in [7, 11) is 0. The van der Waals surface area contributed by atoms with Crippen molar-refractivity contribution >= 4 is 39.9 Å². The van der Waals surface area contributed by atoms with Crippen LogP contribution in [0.1, 0.15) is 16.1 Å². The third-order valence-electron chi connectivity index (χ3n) is 1.93. The lowest BCUT2D eigenvalue weighted by atomic mass is 10.3. The van der Waals surface area contributed by atoms with E-state index in [-0.39, 0.29) is 10.6 Å². The molecule has 2 aromatic heterocycles. The molecule has 0 amide bonds. The van der Waals surface area contributed by atoms with Crippen molar-refractivity contribution in [1.29, 1.82) is 0 Å². The third kappa shape index (κ3) is 2.72. The topological polar surface area (TPSA) is 75.1 Å². The van der Waals surface area contributed by atoms with Gasteiger partial charge in [0.25, 0.3) is 0 Å². The number of thiazole rings is 1. The monoisotopic (exact) mass is 269 g/mol. The van der Waals surface area contributed by atoms with Crippen LogP contribution in [0.25, 0.3) is 0 Å². The fraction of sp³-hybridized carbons (Fsp3) is 0.100. The van der Waals surface area contributed by atoms with Gasteiger partial charge in [0.2, 0.25) is 0 Å². The van der Waals surface area contributed by atoms with E-state index in [0.717, 1.165) is 5.69 Å². The molecule has 2 heterocycles. The molecule has 2 aromatic rings. The highest BCUT2D eigenvalue weighted by molar-refractivity contribution is 7.13. The van der Waals surface area contributed by atoms with Crippen LogP contribution in [0, 0.1) is 6.92 Å². The smallest absolute Gasteiger partial charge is 0.337 e. The van der Waals surface area contributed by atoms with Crippen LogP contribution in [0.4, 0.5) is 10.9 Å². The lowest BCUT2D eigenvalue weighted by Gasteiger charge is -2.04. The number of nitrogens with zero attached hydrogens (tertiary/aromatic N) is 2. The highest BCUT2D eigenvalue weighted by Crippen LogP contribution is 2.25. The average molecular weight is 270 g/mol. The summed E-state index contributed by atoms with van der Waals surface area (Å²) in [5.74, 6) is -0.665. The second kappa shape index (κ2) is 4.68. The molecule has 0 radical (unpaired) electrons. The first kappa shape index (κ1) is 11.8. The Labute approximate surface area is 106 Å². The average Bonchev–Trinajstić information content (AvgIpc) is 2.67. The minimum atomic E-state index is -1.06. The third-order valence-corrected chi connectivity index (χ3v) is 3.10. The molecule has 0 unspecified atom stereocenters. The number of rotatable bonds is 3. The second-order valence-electron chi connectivity index (χ2n) is 3.28. The SMILES string of the molecule is Cc1csc(Nc2ncc(C(=O)O)cc2Cl)n1. The molecule has 0 aromatic carbocycles. The van der Waals surface area contributed by atoms with Crippen molar-refractivity contribution in [3.63, 3.8) is 0 Å². The van der Waals surface area contributed by atoms with Gasteiger partial charge in [-0.05, 0) is 13.0 Å². The normalized spacial score (nSPS) is 10.2. The van der Waals surface area contributed by atoms with Crippen LogP contribution in [0.3, 0.4) is 0 Å². The molecule has 0 aliphatic rings. The Bertz CT molecular complexity index is 570. The van der Waals surface area contributed by atoms with Gasteiger partial charge < -0.3 is 10.4 Å². The maximum absolute atomic E-state index is 10.7. The summed E-state index contributed by atoms with van der Waals surface area (Å²) in [6.45, 7) is 1.88. The fourth-order valence-corrected chi connectivity index (χ4v) is 2.06. The summed E-state index contributed by atoms with van der Waals surface area (Å²) in [6.07, 6.45) is 1.25. The number of aromatic nitrogens is 2. The van der Waals surface area contributed by atoms with Crippen LogP contribution in [0.15, 0.2) is 17.6 Å². The van der Waals surface area contributed by atoms with E-state index >= 15 is 0 Å². The number of halogens is 1. The van der Waals surface area contributed by atoms with E-state index in [1.807, 2.05) is 12.3 Å². The zero-order valence-electron chi connectivity index (χ0n) is 8.77. The molecule has 0 aliphatic heterocycles. The van der Waals surface area contributed by atoms with Gasteiger partial charge in [-0.3, -0.25) is 0 Å². The van der Waals surface area contributed by atoms with Crippen LogP contribution in [-0.4, -0.2) is 21.0 Å². The summed E-state index contributed by atoms with van der Waals surface area (Å²) in [5.41, 5.74) is 0.951. The number of anilines is 2. The number of carboxylic acids is 1. The molecule has 0 saturated carbocycles. The summed E-state index contributed by atoms with van der Waals surface area (Å²) in [6, 6.07) is 1.35. The number of aryl methyl sites for hydroxylation is 1. The van der Waals surface area contributed by atoms with Gasteiger partial charge in [0, 0.05) is 11.6 Å². The molecule has 0 saturated heterocycles. The molecule has 0 atom stereocenters. The van der Waals surface area contributed by atoms with Gasteiger partial charge in [-0.15, -0.1) is 11.3 Å². The maximum Gasteiger partial charge on any atom is 0.337 e. The van der Waals surface area contributed by atoms with Gasteiger partial charge in [-0.1, -0.05) is 11.6 Å². The predicted octanol–water partition coefficient (Wildman–Crippen LogP) is 2.94. The fourth-order valence-electron chi connectivity index (χ4n) is 1.16. The number of carboxylic acid groups (broad SMARTS) is 1. The van der Waals surface area contributed by atoms with Crippen LogP contribution < -0.4 is 5.32 Å². The lowest BCUT2D eigenvalue weighted by Crippen LogP contribution is -2.00. The maximum atomic E-state index is 10.7. The van der Waals surface area contributed by atoms with Crippen molar-refractivity contribution in [3.05, 3.63) is 33.9 Å². The molecular weight excluding hydrogens is 262 g/mol. The predicted molar refractivity (Wildman–Crippen MR) is 66.3 cm³/mol. The molecule has 7 heteroatoms. The Balaban J connectivity index is 2.25. The number of hydrogen-bond acceptors (Lipinski definition) is 5. The highest BCUT2D eigenvalue weighted by atomic mass is 35.5. The van der Waals surface area contributed by atoms with E-state index in [0.29, 0.717) is 10.9 Å². The van der Waals surface area contributed by atoms with Crippen LogP contribution >= 0.6 is 22.9 Å². The van der Waals surface area contributed by atoms with Crippen molar-refractivity contribution in [2.45, 2.75) is 6.92 Å². The number of pyridine rings is 1. The Hall–Kier alpha value is -1.66. The molecular formula is C10H8ClN3O2S. The number of carbonyl (C=O) groups is 1. The van der Waals surface area contributed by atoms with E-state index in [4.69, 9.17) is 16.7 Å². The van der Waals surface area contributed by atoms with Crippen LogP contribution in [0.5, 0.6) is 0 Å². The molecule has 0 fully saturated rings. The molecule has 17 heavy (non-hydrogen) atoms. The highest BCUT2D eigenvalue weighted by Gasteiger charge is 2.09. The van der Waals surface area contributed by atoms with E-state index < -0.39 is 5.97 Å². The van der Waals surface area contributed by atoms with Gasteiger partial charge >= 0.3 is 5.97 Å². The number of nitrogens with one attached hydrogen (secondary N) is 1. The first-order chi connectivity index (χ1) is 8.06. The van der Waals surface area contributed by atoms with Gasteiger partial charge in [-0.25, -0.2) is 14.8 Å². The summed E-state index contributed by atoms with van der Waals surface area (Å²) in [4.78, 5) is 18.8. The van der Waals surface area contributed by atoms with E-state index in [1.165, 1.54) is 23.6 Å². The zero-order chi connectivity index (χ0) is 12.4. The summed E-state index contributed by atoms with van der Waals surface area (Å²) >= 11 is 7.35. The quantitative estimate of drug-likeness (QED) is 0.896. The Morgan fingerprint density at radius 1 is 1.59 bits per heavy atom. The zero-order valence-corrected chi connectivity index (χ0v) is 10.3. The number of aromatic carboxylic acids is 1. The van der Waals surface area contributed by atoms with Crippen molar-refractivity contribution in [2.24, 2.45) is 0 Å². The minimum Gasteiger partial charge on any atom is -0.478 e. The summed E-state index contributed by atoms with van der Waals surface area (Å²) in [5, 5.41) is 14.5. The molecule has 2 N–H and O–H groups in total. The number of hydrogen-bond donors (Lipinski definition) is 2. The van der Waals surface area contributed by atoms with Crippen molar-refractivity contribution in [1.82, 2.24) is 9.97 Å². The van der Waals surface area contributed by atoms with E-state index in [2.05, 4.69) is 15.3 Å². The Morgan fingerprint density at radius 2 is 2.35 bits per heavy atom. The van der Waals surface area contributed by atoms with Crippen molar-refractivity contribution < 1.29 is 9.90 Å². The van der Waals surface area contributed by atoms with Crippen molar-refractivity contribution in [2.75, 3.05) is 5.32 Å². The van der Waals surface area contributed by atoms with E-state index in [9.17, 15) is 4.79 Å². The van der Waals surface area contributed by atoms with Crippen molar-refractivity contribution in [3.8, 4) is 0 Å². The molecule has 5 nitrogen and oxygen atoms in total. The van der Waals surface area contributed by atoms with Gasteiger partial charge in [0.15, 0.2) is 10.9 Å². The second-order valence-corrected chi connectivity index (χ2v) is 4.54. The first-order valence-corrected chi connectivity index (χ1v) is 5.90. The standard InChI is InChI=1S/C10H8ClN3O2S/c1-5-4-17-10(13-5)14-8-7(11)2-6(3-12-8)9(15)16/h2-4H,1H3,(H,15,16)(H,12,13,14). The Morgan fingerprint density at radius 3 is 2.88 bits per heavy atom. The van der Waals surface area contributed by atoms with Crippen LogP contribution in [0.2, 0.25) is 5.02 Å². The molecule has 2 rings (SSSR count). The Kier molecular flexibility index (Phi) is 3.26. The first-order valence-electron chi connectivity index (χ1n) is 4.64. The van der Waals surface area contributed by atoms with Gasteiger partial charge in [0.1, 0.15) is 0 Å².